The Balaban J connectivity index is 1.21. The largest absolute Gasteiger partial charge is 0.457 e. The van der Waals surface area contributed by atoms with Crippen molar-refractivity contribution in [3.05, 3.63) is 11.6 Å². The van der Waals surface area contributed by atoms with E-state index >= 15 is 0 Å². The molecule has 4 aliphatic carbocycles. The number of hydrogen-bond donors (Lipinski definition) is 0. The van der Waals surface area contributed by atoms with Crippen LogP contribution >= 0.6 is 0 Å². The van der Waals surface area contributed by atoms with Gasteiger partial charge in [0.15, 0.2) is 12.4 Å². The maximum absolute atomic E-state index is 11.6. The van der Waals surface area contributed by atoms with Crippen LogP contribution in [0.5, 0.6) is 0 Å². The summed E-state index contributed by atoms with van der Waals surface area (Å²) >= 11 is 0. The van der Waals surface area contributed by atoms with Gasteiger partial charge in [-0.3, -0.25) is 4.79 Å². The zero-order valence-electron chi connectivity index (χ0n) is 27.5. The summed E-state index contributed by atoms with van der Waals surface area (Å²) in [5.74, 6) is 4.89. The van der Waals surface area contributed by atoms with E-state index in [1.807, 2.05) is 6.92 Å². The summed E-state index contributed by atoms with van der Waals surface area (Å²) in [6, 6.07) is 0. The molecule has 0 unspecified atom stereocenters. The molecule has 1 saturated heterocycles. The summed E-state index contributed by atoms with van der Waals surface area (Å²) in [5.41, 5.74) is 2.51. The molecule has 5 aliphatic rings. The van der Waals surface area contributed by atoms with Gasteiger partial charge in [-0.25, -0.2) is 0 Å². The first-order chi connectivity index (χ1) is 19.5. The van der Waals surface area contributed by atoms with Gasteiger partial charge in [0.1, 0.15) is 6.10 Å². The lowest BCUT2D eigenvalue weighted by molar-refractivity contribution is -0.269. The average molecular weight is 573 g/mol. The first-order valence-corrected chi connectivity index (χ1v) is 17.2. The lowest BCUT2D eigenvalue weighted by atomic mass is 9.47. The lowest BCUT2D eigenvalue weighted by Gasteiger charge is -2.58. The average Bonchev–Trinajstić information content (AvgIpc) is 3.27. The van der Waals surface area contributed by atoms with E-state index in [4.69, 9.17) is 18.9 Å². The first-order valence-electron chi connectivity index (χ1n) is 17.2. The number of hydrogen-bond acceptors (Lipinski definition) is 5. The number of methoxy groups -OCH3 is 1. The van der Waals surface area contributed by atoms with E-state index in [2.05, 4.69) is 40.7 Å². The van der Waals surface area contributed by atoms with Gasteiger partial charge < -0.3 is 18.9 Å². The van der Waals surface area contributed by atoms with Crippen LogP contribution < -0.4 is 0 Å². The maximum atomic E-state index is 11.6. The van der Waals surface area contributed by atoms with Crippen LogP contribution in [0.1, 0.15) is 126 Å². The summed E-state index contributed by atoms with van der Waals surface area (Å²) in [4.78, 5) is 11.6. The fourth-order valence-corrected chi connectivity index (χ4v) is 10.7. The Hall–Kier alpha value is -0.910. The summed E-state index contributed by atoms with van der Waals surface area (Å²) < 4.78 is 24.0. The smallest absolute Gasteiger partial charge is 0.303 e. The number of esters is 1. The van der Waals surface area contributed by atoms with Crippen molar-refractivity contribution in [3.8, 4) is 0 Å². The van der Waals surface area contributed by atoms with Crippen molar-refractivity contribution in [2.24, 2.45) is 46.3 Å². The molecule has 41 heavy (non-hydrogen) atoms. The van der Waals surface area contributed by atoms with Crippen molar-refractivity contribution >= 4 is 5.97 Å². The number of carbonyl (C=O) groups is 1. The summed E-state index contributed by atoms with van der Waals surface area (Å²) in [6.07, 6.45) is 16.8. The highest BCUT2D eigenvalue weighted by molar-refractivity contribution is 5.66. The monoisotopic (exact) mass is 572 g/mol. The Kier molecular flexibility index (Phi) is 9.68. The second-order valence-corrected chi connectivity index (χ2v) is 15.6. The van der Waals surface area contributed by atoms with Gasteiger partial charge in [0.25, 0.3) is 0 Å². The van der Waals surface area contributed by atoms with E-state index in [0.717, 1.165) is 48.3 Å². The number of rotatable bonds is 9. The molecule has 1 aliphatic heterocycles. The van der Waals surface area contributed by atoms with Crippen LogP contribution in [0.3, 0.4) is 0 Å². The molecule has 0 bridgehead atoms. The molecule has 1 heterocycles. The molecule has 0 radical (unpaired) electrons. The highest BCUT2D eigenvalue weighted by Crippen LogP contribution is 2.67. The number of ether oxygens (including phenoxy) is 4. The predicted octanol–water partition coefficient (Wildman–Crippen LogP) is 8.49. The minimum atomic E-state index is -0.389. The van der Waals surface area contributed by atoms with Gasteiger partial charge in [-0.15, -0.1) is 0 Å². The van der Waals surface area contributed by atoms with Gasteiger partial charge in [-0.2, -0.15) is 0 Å². The topological polar surface area (TPSA) is 54.0 Å². The Morgan fingerprint density at radius 3 is 2.56 bits per heavy atom. The molecule has 234 valence electrons. The fourth-order valence-electron chi connectivity index (χ4n) is 10.7. The third kappa shape index (κ3) is 6.21. The molecule has 0 aromatic carbocycles. The van der Waals surface area contributed by atoms with Crippen molar-refractivity contribution in [1.82, 2.24) is 0 Å². The molecule has 0 spiro atoms. The Bertz CT molecular complexity index is 944. The minimum absolute atomic E-state index is 0.183. The zero-order valence-corrected chi connectivity index (χ0v) is 27.5. The van der Waals surface area contributed by atoms with Gasteiger partial charge in [0.2, 0.25) is 0 Å². The zero-order chi connectivity index (χ0) is 29.5. The fraction of sp³-hybridized carbons (Fsp3) is 0.917. The number of carbonyl (C=O) groups excluding carboxylic acids is 1. The molecule has 12 atom stereocenters. The van der Waals surface area contributed by atoms with Gasteiger partial charge in [-0.05, 0) is 105 Å². The second kappa shape index (κ2) is 12.6. The molecule has 3 saturated carbocycles. The third-order valence-corrected chi connectivity index (χ3v) is 12.8. The van der Waals surface area contributed by atoms with Crippen molar-refractivity contribution < 1.29 is 23.7 Å². The normalized spacial score (nSPS) is 44.9. The van der Waals surface area contributed by atoms with Gasteiger partial charge >= 0.3 is 5.97 Å². The van der Waals surface area contributed by atoms with Gasteiger partial charge in [-0.1, -0.05) is 65.5 Å². The van der Waals surface area contributed by atoms with Crippen LogP contribution in [0.25, 0.3) is 0 Å². The SMILES string of the molecule is CO[C@H]1C[C@H](O[C@H]2CC[C@@]3(C)C(=CC[C@H]4[C@@H]5CC[C@H]([C@H](C)CCCC(C)C)[C@@]5(C)CC[C@@H]43)C2)O[C@@H](C)[C@H]1OC(C)=O. The number of fused-ring (bicyclic) bond motifs is 5. The molecule has 0 N–H and O–H groups in total. The highest BCUT2D eigenvalue weighted by atomic mass is 16.7. The van der Waals surface area contributed by atoms with E-state index in [9.17, 15) is 4.79 Å². The van der Waals surface area contributed by atoms with Crippen LogP contribution in [-0.4, -0.2) is 43.8 Å². The maximum Gasteiger partial charge on any atom is 0.303 e. The Morgan fingerprint density at radius 1 is 1.07 bits per heavy atom. The van der Waals surface area contributed by atoms with Gasteiger partial charge in [0.05, 0.1) is 12.2 Å². The number of allylic oxidation sites excluding steroid dienone is 1. The predicted molar refractivity (Wildman–Crippen MR) is 163 cm³/mol. The molecule has 0 amide bonds. The molecule has 5 nitrogen and oxygen atoms in total. The Labute approximate surface area is 250 Å². The van der Waals surface area contributed by atoms with Crippen molar-refractivity contribution in [3.63, 3.8) is 0 Å². The van der Waals surface area contributed by atoms with Crippen molar-refractivity contribution in [2.45, 2.75) is 156 Å². The Morgan fingerprint density at radius 2 is 1.85 bits per heavy atom. The first kappa shape index (κ1) is 31.5. The van der Waals surface area contributed by atoms with E-state index in [-0.39, 0.29) is 36.7 Å². The minimum Gasteiger partial charge on any atom is -0.457 e. The molecule has 0 aromatic rings. The molecule has 5 rings (SSSR count). The van der Waals surface area contributed by atoms with E-state index < -0.39 is 0 Å². The molecule has 4 fully saturated rings. The summed E-state index contributed by atoms with van der Waals surface area (Å²) in [6.45, 7) is 16.0. The molecule has 0 aromatic heterocycles. The summed E-state index contributed by atoms with van der Waals surface area (Å²) in [7, 11) is 1.68. The lowest BCUT2D eigenvalue weighted by Crippen LogP contribution is -2.52. The van der Waals surface area contributed by atoms with Crippen molar-refractivity contribution in [2.75, 3.05) is 7.11 Å². The molecular formula is C36H60O5. The van der Waals surface area contributed by atoms with Crippen molar-refractivity contribution in [1.29, 1.82) is 0 Å². The van der Waals surface area contributed by atoms with Crippen LogP contribution in [0.2, 0.25) is 0 Å². The molecule has 5 heteroatoms. The van der Waals surface area contributed by atoms with E-state index in [1.54, 1.807) is 12.7 Å². The van der Waals surface area contributed by atoms with E-state index in [0.29, 0.717) is 17.3 Å². The highest BCUT2D eigenvalue weighted by Gasteiger charge is 2.59. The van der Waals surface area contributed by atoms with Crippen LogP contribution in [-0.2, 0) is 23.7 Å². The molecular weight excluding hydrogens is 512 g/mol. The second-order valence-electron chi connectivity index (χ2n) is 15.6. The van der Waals surface area contributed by atoms with Crippen LogP contribution in [0.4, 0.5) is 0 Å². The quantitative estimate of drug-likeness (QED) is 0.205. The summed E-state index contributed by atoms with van der Waals surface area (Å²) in [5, 5.41) is 0. The van der Waals surface area contributed by atoms with E-state index in [1.165, 1.54) is 64.7 Å². The van der Waals surface area contributed by atoms with Gasteiger partial charge in [0, 0.05) is 20.5 Å². The van der Waals surface area contributed by atoms with Crippen LogP contribution in [0.15, 0.2) is 11.6 Å². The standard InChI is InChI=1S/C36H60O5/c1-22(2)10-9-11-23(3)29-14-15-30-28-13-12-26-20-27(16-18-35(26,6)31(28)17-19-36(29,30)7)41-33-21-32(38-8)34(24(4)39-33)40-25(5)37/h12,22-24,27-34H,9-11,13-21H2,1-8H3/t23-,24+,27+,28+,29-,30+,31+,32+,33+,34-,35+,36-/m1/s1. The van der Waals surface area contributed by atoms with Crippen LogP contribution in [0, 0.1) is 46.3 Å². The third-order valence-electron chi connectivity index (χ3n) is 12.8.